The Bertz CT molecular complexity index is 722. The summed E-state index contributed by atoms with van der Waals surface area (Å²) in [5, 5.41) is 0. The SMILES string of the molecule is CC12CCC3C4CCC(O[Si](C)(C)C)=CC4=CCC3C1CC=C2O[Si](C)(C)C. The monoisotopic (exact) mass is 416 g/mol. The normalized spacial score (nSPS) is 37.8. The van der Waals surface area contributed by atoms with Crippen molar-refractivity contribution in [1.29, 1.82) is 0 Å². The average Bonchev–Trinajstić information content (AvgIpc) is 2.88. The lowest BCUT2D eigenvalue weighted by atomic mass is 9.53. The Hall–Kier alpha value is -0.746. The molecule has 0 radical (unpaired) electrons. The van der Waals surface area contributed by atoms with Crippen molar-refractivity contribution in [2.75, 3.05) is 0 Å². The van der Waals surface area contributed by atoms with Crippen LogP contribution in [0.5, 0.6) is 0 Å². The van der Waals surface area contributed by atoms with E-state index in [2.05, 4.69) is 64.4 Å². The zero-order chi connectivity index (χ0) is 20.3. The summed E-state index contributed by atoms with van der Waals surface area (Å²) in [6, 6.07) is 0. The molecule has 0 amide bonds. The second-order valence-corrected chi connectivity index (χ2v) is 20.7. The van der Waals surface area contributed by atoms with Gasteiger partial charge in [-0.25, -0.2) is 0 Å². The molecular formula is C24H40O2Si2. The van der Waals surface area contributed by atoms with Crippen LogP contribution in [-0.2, 0) is 8.85 Å². The van der Waals surface area contributed by atoms with E-state index in [0.717, 1.165) is 30.1 Å². The van der Waals surface area contributed by atoms with Crippen LogP contribution in [0.3, 0.4) is 0 Å². The molecule has 4 heteroatoms. The lowest BCUT2D eigenvalue weighted by Gasteiger charge is -2.52. The Kier molecular flexibility index (Phi) is 5.06. The van der Waals surface area contributed by atoms with Gasteiger partial charge in [-0.3, -0.25) is 0 Å². The number of fused-ring (bicyclic) bond motifs is 5. The molecule has 4 aliphatic carbocycles. The Morgan fingerprint density at radius 2 is 1.61 bits per heavy atom. The molecule has 1 saturated carbocycles. The molecule has 0 aromatic heterocycles. The summed E-state index contributed by atoms with van der Waals surface area (Å²) in [7, 11) is -3.05. The number of allylic oxidation sites excluding steroid dienone is 6. The van der Waals surface area contributed by atoms with Crippen LogP contribution in [0.1, 0.15) is 45.4 Å². The molecular weight excluding hydrogens is 376 g/mol. The van der Waals surface area contributed by atoms with Crippen molar-refractivity contribution in [2.45, 2.75) is 84.7 Å². The largest absolute Gasteiger partial charge is 0.547 e. The van der Waals surface area contributed by atoms with E-state index in [1.807, 2.05) is 0 Å². The van der Waals surface area contributed by atoms with Gasteiger partial charge in [-0.05, 0) is 113 Å². The van der Waals surface area contributed by atoms with Gasteiger partial charge in [0, 0.05) is 11.8 Å². The molecule has 5 unspecified atom stereocenters. The fraction of sp³-hybridized carbons (Fsp3) is 0.750. The van der Waals surface area contributed by atoms with E-state index >= 15 is 0 Å². The van der Waals surface area contributed by atoms with Crippen LogP contribution in [0, 0.1) is 29.1 Å². The molecule has 0 heterocycles. The number of hydrogen-bond donors (Lipinski definition) is 0. The Morgan fingerprint density at radius 3 is 2.29 bits per heavy atom. The van der Waals surface area contributed by atoms with Crippen molar-refractivity contribution in [3.63, 3.8) is 0 Å². The molecule has 0 saturated heterocycles. The zero-order valence-electron chi connectivity index (χ0n) is 19.1. The van der Waals surface area contributed by atoms with Gasteiger partial charge in [-0.2, -0.15) is 0 Å². The molecule has 0 spiro atoms. The van der Waals surface area contributed by atoms with Crippen LogP contribution in [0.25, 0.3) is 0 Å². The van der Waals surface area contributed by atoms with Crippen molar-refractivity contribution in [1.82, 2.24) is 0 Å². The van der Waals surface area contributed by atoms with Crippen molar-refractivity contribution < 1.29 is 8.85 Å². The molecule has 2 nitrogen and oxygen atoms in total. The van der Waals surface area contributed by atoms with Crippen LogP contribution in [0.15, 0.2) is 35.3 Å². The molecule has 4 rings (SSSR count). The highest BCUT2D eigenvalue weighted by Gasteiger charge is 2.54. The van der Waals surface area contributed by atoms with Crippen LogP contribution in [-0.4, -0.2) is 16.6 Å². The lowest BCUT2D eigenvalue weighted by molar-refractivity contribution is 0.00830. The highest BCUT2D eigenvalue weighted by Crippen LogP contribution is 2.61. The van der Waals surface area contributed by atoms with E-state index in [1.54, 1.807) is 5.57 Å². The highest BCUT2D eigenvalue weighted by atomic mass is 28.4. The van der Waals surface area contributed by atoms with Gasteiger partial charge >= 0.3 is 0 Å². The topological polar surface area (TPSA) is 18.5 Å². The zero-order valence-corrected chi connectivity index (χ0v) is 21.1. The molecule has 0 aliphatic heterocycles. The smallest absolute Gasteiger partial charge is 0.241 e. The third-order valence-electron chi connectivity index (χ3n) is 7.46. The standard InChI is InChI=1S/C24H40O2Si2/c1-24-15-14-20-19-11-9-18(25-27(2,3)4)16-17(19)8-10-21(20)22(24)12-13-23(24)26-28(5,6)7/h8,13,16,19-22H,9-12,14-15H2,1-7H3. The van der Waals surface area contributed by atoms with Crippen LogP contribution < -0.4 is 0 Å². The summed E-state index contributed by atoms with van der Waals surface area (Å²) in [6.45, 7) is 16.3. The van der Waals surface area contributed by atoms with Crippen LogP contribution in [0.4, 0.5) is 0 Å². The summed E-state index contributed by atoms with van der Waals surface area (Å²) in [5.41, 5.74) is 1.87. The van der Waals surface area contributed by atoms with E-state index in [4.69, 9.17) is 8.85 Å². The Labute approximate surface area is 174 Å². The van der Waals surface area contributed by atoms with Crippen molar-refractivity contribution in [2.24, 2.45) is 29.1 Å². The van der Waals surface area contributed by atoms with E-state index < -0.39 is 16.6 Å². The molecule has 0 N–H and O–H groups in total. The van der Waals surface area contributed by atoms with Gasteiger partial charge in [0.2, 0.25) is 16.6 Å². The predicted octanol–water partition coefficient (Wildman–Crippen LogP) is 7.25. The van der Waals surface area contributed by atoms with Gasteiger partial charge in [-0.15, -0.1) is 0 Å². The van der Waals surface area contributed by atoms with Gasteiger partial charge in [0.25, 0.3) is 0 Å². The molecule has 0 aromatic carbocycles. The number of rotatable bonds is 4. The number of hydrogen-bond acceptors (Lipinski definition) is 2. The third kappa shape index (κ3) is 3.83. The molecule has 1 fully saturated rings. The highest BCUT2D eigenvalue weighted by molar-refractivity contribution is 6.70. The minimum absolute atomic E-state index is 0.281. The summed E-state index contributed by atoms with van der Waals surface area (Å²) in [5.74, 6) is 5.84. The fourth-order valence-electron chi connectivity index (χ4n) is 6.42. The Balaban J connectivity index is 1.53. The van der Waals surface area contributed by atoms with Crippen molar-refractivity contribution in [3.8, 4) is 0 Å². The van der Waals surface area contributed by atoms with Crippen molar-refractivity contribution in [3.05, 3.63) is 35.3 Å². The van der Waals surface area contributed by atoms with Gasteiger partial charge in [0.05, 0.1) is 11.5 Å². The second kappa shape index (κ2) is 6.90. The first kappa shape index (κ1) is 20.5. The summed E-state index contributed by atoms with van der Waals surface area (Å²) < 4.78 is 12.9. The lowest BCUT2D eigenvalue weighted by Crippen LogP contribution is -2.45. The molecule has 0 aromatic rings. The van der Waals surface area contributed by atoms with Gasteiger partial charge < -0.3 is 8.85 Å². The summed E-state index contributed by atoms with van der Waals surface area (Å²) in [6.07, 6.45) is 15.0. The first-order chi connectivity index (χ1) is 13.0. The maximum Gasteiger partial charge on any atom is 0.241 e. The van der Waals surface area contributed by atoms with Crippen LogP contribution in [0.2, 0.25) is 39.3 Å². The first-order valence-electron chi connectivity index (χ1n) is 11.5. The fourth-order valence-corrected chi connectivity index (χ4v) is 8.34. The molecule has 4 aliphatic rings. The first-order valence-corrected chi connectivity index (χ1v) is 18.3. The molecule has 156 valence electrons. The van der Waals surface area contributed by atoms with Crippen LogP contribution >= 0.6 is 0 Å². The minimum atomic E-state index is -1.54. The van der Waals surface area contributed by atoms with Crippen molar-refractivity contribution >= 4 is 16.6 Å². The second-order valence-electron chi connectivity index (χ2n) is 11.8. The minimum Gasteiger partial charge on any atom is -0.547 e. The quantitative estimate of drug-likeness (QED) is 0.449. The van der Waals surface area contributed by atoms with Gasteiger partial charge in [0.15, 0.2) is 0 Å². The van der Waals surface area contributed by atoms with E-state index in [1.165, 1.54) is 43.6 Å². The molecule has 0 bridgehead atoms. The average molecular weight is 417 g/mol. The maximum absolute atomic E-state index is 6.58. The summed E-state index contributed by atoms with van der Waals surface area (Å²) >= 11 is 0. The maximum atomic E-state index is 6.58. The molecule has 5 atom stereocenters. The van der Waals surface area contributed by atoms with E-state index in [0.29, 0.717) is 0 Å². The van der Waals surface area contributed by atoms with Gasteiger partial charge in [-0.1, -0.05) is 13.0 Å². The van der Waals surface area contributed by atoms with Gasteiger partial charge in [0.1, 0.15) is 0 Å². The van der Waals surface area contributed by atoms with E-state index in [9.17, 15) is 0 Å². The predicted molar refractivity (Wildman–Crippen MR) is 123 cm³/mol. The third-order valence-corrected chi connectivity index (χ3v) is 9.16. The summed E-state index contributed by atoms with van der Waals surface area (Å²) in [4.78, 5) is 0. The Morgan fingerprint density at radius 1 is 0.893 bits per heavy atom. The molecule has 28 heavy (non-hydrogen) atoms. The van der Waals surface area contributed by atoms with E-state index in [-0.39, 0.29) is 5.41 Å².